The summed E-state index contributed by atoms with van der Waals surface area (Å²) in [5.41, 5.74) is 1.61. The topological polar surface area (TPSA) is 79.8 Å². The van der Waals surface area contributed by atoms with Gasteiger partial charge in [0.05, 0.1) is 19.5 Å². The van der Waals surface area contributed by atoms with E-state index in [0.29, 0.717) is 32.0 Å². The van der Waals surface area contributed by atoms with Gasteiger partial charge in [-0.2, -0.15) is 0 Å². The molecule has 8 heteroatoms. The van der Waals surface area contributed by atoms with Gasteiger partial charge < -0.3 is 9.64 Å². The fourth-order valence-electron chi connectivity index (χ4n) is 2.35. The molecule has 0 aliphatic carbocycles. The minimum atomic E-state index is -3.59. The van der Waals surface area contributed by atoms with Crippen molar-refractivity contribution in [3.05, 3.63) is 23.4 Å². The Bertz CT molecular complexity index is 634. The van der Waals surface area contributed by atoms with Gasteiger partial charge in [-0.3, -0.25) is 4.79 Å². The highest BCUT2D eigenvalue weighted by Crippen LogP contribution is 2.18. The van der Waals surface area contributed by atoms with Crippen molar-refractivity contribution in [3.63, 3.8) is 0 Å². The molecule has 1 amide bonds. The number of rotatable bonds is 4. The lowest BCUT2D eigenvalue weighted by Crippen LogP contribution is -2.47. The van der Waals surface area contributed by atoms with Crippen LogP contribution < -0.4 is 4.31 Å². The summed E-state index contributed by atoms with van der Waals surface area (Å²) < 4.78 is 30.4. The molecule has 2 rings (SSSR count). The van der Waals surface area contributed by atoms with Crippen LogP contribution in [-0.2, 0) is 19.6 Å². The van der Waals surface area contributed by atoms with Crippen molar-refractivity contribution >= 4 is 21.7 Å². The molecule has 1 aliphatic heterocycles. The van der Waals surface area contributed by atoms with Gasteiger partial charge in [-0.15, -0.1) is 0 Å². The van der Waals surface area contributed by atoms with Gasteiger partial charge in [-0.1, -0.05) is 0 Å². The van der Waals surface area contributed by atoms with Gasteiger partial charge in [-0.05, 0) is 31.5 Å². The first kappa shape index (κ1) is 16.7. The number of sulfonamides is 1. The summed E-state index contributed by atoms with van der Waals surface area (Å²) in [7, 11) is -3.59. The van der Waals surface area contributed by atoms with Crippen LogP contribution in [0.15, 0.2) is 12.1 Å². The van der Waals surface area contributed by atoms with Crippen molar-refractivity contribution in [2.45, 2.75) is 13.8 Å². The van der Waals surface area contributed by atoms with E-state index in [1.807, 2.05) is 13.0 Å². The lowest BCUT2D eigenvalue weighted by molar-refractivity contribution is -0.133. The summed E-state index contributed by atoms with van der Waals surface area (Å²) in [6.07, 6.45) is 1.08. The summed E-state index contributed by atoms with van der Waals surface area (Å²) in [5, 5.41) is 0. The number of nitrogens with zero attached hydrogens (tertiary/aromatic N) is 3. The third-order valence-electron chi connectivity index (χ3n) is 3.38. The fraction of sp³-hybridized carbons (Fsp3) is 0.571. The van der Waals surface area contributed by atoms with Gasteiger partial charge in [0.2, 0.25) is 15.9 Å². The summed E-state index contributed by atoms with van der Waals surface area (Å²) in [6, 6.07) is 3.52. The number of amides is 1. The van der Waals surface area contributed by atoms with Crippen LogP contribution in [-0.4, -0.2) is 63.3 Å². The zero-order chi connectivity index (χ0) is 16.3. The Morgan fingerprint density at radius 2 is 1.95 bits per heavy atom. The van der Waals surface area contributed by atoms with Gasteiger partial charge >= 0.3 is 0 Å². The number of hydrogen-bond acceptors (Lipinski definition) is 5. The molecular weight excluding hydrogens is 306 g/mol. The highest BCUT2D eigenvalue weighted by molar-refractivity contribution is 7.92. The average Bonchev–Trinajstić information content (AvgIpc) is 2.43. The molecule has 0 unspecified atom stereocenters. The minimum absolute atomic E-state index is 0.241. The predicted molar refractivity (Wildman–Crippen MR) is 83.3 cm³/mol. The molecule has 1 saturated heterocycles. The number of aryl methyl sites for hydroxylation is 2. The van der Waals surface area contributed by atoms with Crippen LogP contribution in [0.25, 0.3) is 0 Å². The lowest BCUT2D eigenvalue weighted by Gasteiger charge is -2.29. The van der Waals surface area contributed by atoms with Crippen LogP contribution in [0, 0.1) is 13.8 Å². The second-order valence-corrected chi connectivity index (χ2v) is 7.31. The molecule has 0 aromatic carbocycles. The molecule has 1 fully saturated rings. The van der Waals surface area contributed by atoms with E-state index in [2.05, 4.69) is 4.98 Å². The molecule has 0 radical (unpaired) electrons. The van der Waals surface area contributed by atoms with Crippen LogP contribution in [0.2, 0.25) is 0 Å². The number of carbonyl (C=O) groups excluding carboxylic acids is 1. The third kappa shape index (κ3) is 4.17. The second kappa shape index (κ2) is 6.62. The van der Waals surface area contributed by atoms with Gasteiger partial charge in [0.25, 0.3) is 0 Å². The number of carbonyl (C=O) groups is 1. The summed E-state index contributed by atoms with van der Waals surface area (Å²) in [6.45, 7) is 5.34. The molecule has 2 heterocycles. The van der Waals surface area contributed by atoms with Gasteiger partial charge in [0, 0.05) is 18.8 Å². The van der Waals surface area contributed by atoms with Crippen LogP contribution in [0.5, 0.6) is 0 Å². The molecule has 7 nitrogen and oxygen atoms in total. The number of morpholine rings is 1. The first-order chi connectivity index (χ1) is 10.3. The van der Waals surface area contributed by atoms with Crippen molar-refractivity contribution in [3.8, 4) is 0 Å². The Labute approximate surface area is 130 Å². The normalized spacial score (nSPS) is 15.7. The number of anilines is 1. The molecule has 0 N–H and O–H groups in total. The monoisotopic (exact) mass is 327 g/mol. The maximum atomic E-state index is 12.3. The van der Waals surface area contributed by atoms with E-state index >= 15 is 0 Å². The maximum Gasteiger partial charge on any atom is 0.243 e. The number of ether oxygens (including phenoxy) is 1. The molecule has 1 aromatic rings. The fourth-order valence-corrected chi connectivity index (χ4v) is 3.13. The zero-order valence-electron chi connectivity index (χ0n) is 13.1. The first-order valence-corrected chi connectivity index (χ1v) is 8.91. The third-order valence-corrected chi connectivity index (χ3v) is 4.50. The van der Waals surface area contributed by atoms with E-state index in [1.54, 1.807) is 17.9 Å². The highest BCUT2D eigenvalue weighted by Gasteiger charge is 2.26. The SMILES string of the molecule is Cc1cc(C)nc(N(CC(=O)N2CCOCC2)S(C)(=O)=O)c1. The second-order valence-electron chi connectivity index (χ2n) is 5.41. The van der Waals surface area contributed by atoms with E-state index < -0.39 is 10.0 Å². The van der Waals surface area contributed by atoms with Crippen LogP contribution in [0.3, 0.4) is 0 Å². The Morgan fingerprint density at radius 1 is 1.32 bits per heavy atom. The smallest absolute Gasteiger partial charge is 0.243 e. The van der Waals surface area contributed by atoms with E-state index in [4.69, 9.17) is 4.74 Å². The Hall–Kier alpha value is -1.67. The standard InChI is InChI=1S/C14H21N3O4S/c1-11-8-12(2)15-13(9-11)17(22(3,19)20)10-14(18)16-4-6-21-7-5-16/h8-9H,4-7,10H2,1-3H3. The van der Waals surface area contributed by atoms with Crippen molar-refractivity contribution in [1.82, 2.24) is 9.88 Å². The number of aromatic nitrogens is 1. The van der Waals surface area contributed by atoms with Gasteiger partial charge in [0.1, 0.15) is 12.4 Å². The predicted octanol–water partition coefficient (Wildman–Crippen LogP) is 0.323. The quantitative estimate of drug-likeness (QED) is 0.796. The highest BCUT2D eigenvalue weighted by atomic mass is 32.2. The summed E-state index contributed by atoms with van der Waals surface area (Å²) in [4.78, 5) is 18.2. The Morgan fingerprint density at radius 3 is 2.50 bits per heavy atom. The summed E-state index contributed by atoms with van der Waals surface area (Å²) >= 11 is 0. The minimum Gasteiger partial charge on any atom is -0.378 e. The molecule has 0 spiro atoms. The van der Waals surface area contributed by atoms with Crippen LogP contribution in [0.1, 0.15) is 11.3 Å². The molecule has 0 bridgehead atoms. The van der Waals surface area contributed by atoms with Crippen LogP contribution >= 0.6 is 0 Å². The molecule has 22 heavy (non-hydrogen) atoms. The maximum absolute atomic E-state index is 12.3. The molecule has 1 aliphatic rings. The average molecular weight is 327 g/mol. The number of hydrogen-bond donors (Lipinski definition) is 0. The summed E-state index contributed by atoms with van der Waals surface area (Å²) in [5.74, 6) is 0.0382. The van der Waals surface area contributed by atoms with Gasteiger partial charge in [-0.25, -0.2) is 17.7 Å². The first-order valence-electron chi connectivity index (χ1n) is 7.06. The van der Waals surface area contributed by atoms with Crippen molar-refractivity contribution in [1.29, 1.82) is 0 Å². The van der Waals surface area contributed by atoms with Crippen LogP contribution in [0.4, 0.5) is 5.82 Å². The molecule has 0 saturated carbocycles. The zero-order valence-corrected chi connectivity index (χ0v) is 13.9. The molecule has 122 valence electrons. The Balaban J connectivity index is 2.25. The van der Waals surface area contributed by atoms with Crippen molar-refractivity contribution in [2.75, 3.05) is 43.4 Å². The lowest BCUT2D eigenvalue weighted by atomic mass is 10.2. The molecular formula is C14H21N3O4S. The van der Waals surface area contributed by atoms with E-state index in [9.17, 15) is 13.2 Å². The van der Waals surface area contributed by atoms with Crippen molar-refractivity contribution < 1.29 is 17.9 Å². The molecule has 0 atom stereocenters. The van der Waals surface area contributed by atoms with Gasteiger partial charge in [0.15, 0.2) is 0 Å². The van der Waals surface area contributed by atoms with E-state index in [1.165, 1.54) is 0 Å². The largest absolute Gasteiger partial charge is 0.378 e. The van der Waals surface area contributed by atoms with Crippen molar-refractivity contribution in [2.24, 2.45) is 0 Å². The van der Waals surface area contributed by atoms with E-state index in [0.717, 1.165) is 16.1 Å². The molecule has 1 aromatic heterocycles. The Kier molecular flexibility index (Phi) is 5.02. The van der Waals surface area contributed by atoms with E-state index in [-0.39, 0.29) is 18.3 Å². The number of pyridine rings is 1.